The fourth-order valence-corrected chi connectivity index (χ4v) is 3.77. The Hall–Kier alpha value is -3.12. The number of amides is 1. The number of nitrogens with zero attached hydrogens (tertiary/aromatic N) is 2. The van der Waals surface area contributed by atoms with E-state index >= 15 is 0 Å². The predicted molar refractivity (Wildman–Crippen MR) is 113 cm³/mol. The van der Waals surface area contributed by atoms with E-state index in [9.17, 15) is 4.79 Å². The third-order valence-electron chi connectivity index (χ3n) is 5.46. The van der Waals surface area contributed by atoms with Gasteiger partial charge in [0.25, 0.3) is 0 Å². The van der Waals surface area contributed by atoms with Gasteiger partial charge in [0, 0.05) is 44.0 Å². The number of ether oxygens (including phenoxy) is 1. The summed E-state index contributed by atoms with van der Waals surface area (Å²) in [7, 11) is 1.89. The van der Waals surface area contributed by atoms with Crippen molar-refractivity contribution in [3.8, 4) is 5.75 Å². The summed E-state index contributed by atoms with van der Waals surface area (Å²) < 4.78 is 7.71. The number of nitrogens with one attached hydrogen (secondary N) is 2. The third-order valence-corrected chi connectivity index (χ3v) is 5.46. The lowest BCUT2D eigenvalue weighted by Gasteiger charge is -2.17. The average molecular weight is 390 g/mol. The average Bonchev–Trinajstić information content (AvgIpc) is 3.36. The predicted octanol–water partition coefficient (Wildman–Crippen LogP) is 3.25. The van der Waals surface area contributed by atoms with Crippen molar-refractivity contribution in [1.82, 2.24) is 15.1 Å². The minimum atomic E-state index is -0.129. The SMILES string of the molecule is Cc1ccccc1COc1cccc(NC(=O)[C@H]2CNC[C@@H]2c2cnn(C)c2)c1. The number of benzene rings is 2. The van der Waals surface area contributed by atoms with Crippen LogP contribution >= 0.6 is 0 Å². The zero-order valence-electron chi connectivity index (χ0n) is 16.8. The van der Waals surface area contributed by atoms with Crippen LogP contribution in [0.25, 0.3) is 0 Å². The topological polar surface area (TPSA) is 68.2 Å². The van der Waals surface area contributed by atoms with Gasteiger partial charge in [0.2, 0.25) is 5.91 Å². The fraction of sp³-hybridized carbons (Fsp3) is 0.304. The molecule has 1 amide bonds. The fourth-order valence-electron chi connectivity index (χ4n) is 3.77. The summed E-state index contributed by atoms with van der Waals surface area (Å²) in [4.78, 5) is 12.9. The van der Waals surface area contributed by atoms with Crippen molar-refractivity contribution in [2.75, 3.05) is 18.4 Å². The number of rotatable bonds is 6. The quantitative estimate of drug-likeness (QED) is 0.678. The van der Waals surface area contributed by atoms with E-state index < -0.39 is 0 Å². The van der Waals surface area contributed by atoms with Gasteiger partial charge in [-0.05, 0) is 35.7 Å². The Morgan fingerprint density at radius 1 is 1.24 bits per heavy atom. The molecule has 0 aliphatic carbocycles. The normalized spacial score (nSPS) is 18.6. The smallest absolute Gasteiger partial charge is 0.229 e. The van der Waals surface area contributed by atoms with Crippen molar-refractivity contribution >= 4 is 11.6 Å². The second-order valence-electron chi connectivity index (χ2n) is 7.55. The van der Waals surface area contributed by atoms with E-state index in [4.69, 9.17) is 4.74 Å². The molecule has 0 spiro atoms. The van der Waals surface area contributed by atoms with E-state index in [1.807, 2.05) is 55.8 Å². The maximum atomic E-state index is 12.9. The van der Waals surface area contributed by atoms with Crippen LogP contribution in [-0.4, -0.2) is 28.8 Å². The molecular formula is C23H26N4O2. The Kier molecular flexibility index (Phi) is 5.62. The summed E-state index contributed by atoms with van der Waals surface area (Å²) in [6, 6.07) is 15.7. The highest BCUT2D eigenvalue weighted by atomic mass is 16.5. The molecule has 0 radical (unpaired) electrons. The largest absolute Gasteiger partial charge is 0.489 e. The second-order valence-corrected chi connectivity index (χ2v) is 7.55. The van der Waals surface area contributed by atoms with Crippen LogP contribution in [0.1, 0.15) is 22.6 Å². The molecule has 1 fully saturated rings. The monoisotopic (exact) mass is 390 g/mol. The molecule has 150 valence electrons. The molecule has 2 N–H and O–H groups in total. The van der Waals surface area contributed by atoms with Crippen molar-refractivity contribution in [3.05, 3.63) is 77.6 Å². The Morgan fingerprint density at radius 3 is 2.90 bits per heavy atom. The number of aryl methyl sites for hydroxylation is 2. The summed E-state index contributed by atoms with van der Waals surface area (Å²) in [6.45, 7) is 4.02. The van der Waals surface area contributed by atoms with Crippen LogP contribution < -0.4 is 15.4 Å². The van der Waals surface area contributed by atoms with Gasteiger partial charge in [0.1, 0.15) is 12.4 Å². The van der Waals surface area contributed by atoms with Crippen LogP contribution in [0.3, 0.4) is 0 Å². The van der Waals surface area contributed by atoms with E-state index in [-0.39, 0.29) is 17.7 Å². The molecule has 2 atom stereocenters. The third kappa shape index (κ3) is 4.49. The molecule has 3 aromatic rings. The van der Waals surface area contributed by atoms with Gasteiger partial charge in [-0.15, -0.1) is 0 Å². The van der Waals surface area contributed by atoms with Gasteiger partial charge in [0.05, 0.1) is 12.1 Å². The molecule has 1 aromatic heterocycles. The molecule has 4 rings (SSSR count). The minimum absolute atomic E-state index is 0.0138. The van der Waals surface area contributed by atoms with Gasteiger partial charge >= 0.3 is 0 Å². The van der Waals surface area contributed by atoms with Crippen LogP contribution in [0.5, 0.6) is 5.75 Å². The standard InChI is InChI=1S/C23H26N4O2/c1-16-6-3-4-7-17(16)15-29-20-9-5-8-19(10-20)26-23(28)22-13-24-12-21(22)18-11-25-27(2)14-18/h3-11,14,21-22,24H,12-13,15H2,1-2H3,(H,26,28)/t21-,22+/m1/s1. The Balaban J connectivity index is 1.41. The van der Waals surface area contributed by atoms with E-state index in [1.54, 1.807) is 4.68 Å². The lowest BCUT2D eigenvalue weighted by molar-refractivity contribution is -0.119. The summed E-state index contributed by atoms with van der Waals surface area (Å²) in [5.74, 6) is 0.749. The van der Waals surface area contributed by atoms with Crippen LogP contribution in [0.2, 0.25) is 0 Å². The highest BCUT2D eigenvalue weighted by molar-refractivity contribution is 5.93. The van der Waals surface area contributed by atoms with E-state index in [2.05, 4.69) is 34.8 Å². The number of carbonyl (C=O) groups is 1. The molecular weight excluding hydrogens is 364 g/mol. The first-order chi connectivity index (χ1) is 14.1. The molecule has 0 unspecified atom stereocenters. The van der Waals surface area contributed by atoms with Crippen molar-refractivity contribution in [3.63, 3.8) is 0 Å². The molecule has 1 saturated heterocycles. The van der Waals surface area contributed by atoms with Crippen molar-refractivity contribution in [1.29, 1.82) is 0 Å². The number of hydrogen-bond donors (Lipinski definition) is 2. The molecule has 6 nitrogen and oxygen atoms in total. The zero-order valence-corrected chi connectivity index (χ0v) is 16.8. The van der Waals surface area contributed by atoms with Crippen molar-refractivity contribution < 1.29 is 9.53 Å². The van der Waals surface area contributed by atoms with E-state index in [0.717, 1.165) is 29.1 Å². The number of anilines is 1. The Labute approximate surface area is 170 Å². The van der Waals surface area contributed by atoms with Crippen molar-refractivity contribution in [2.45, 2.75) is 19.4 Å². The molecule has 0 bridgehead atoms. The molecule has 0 saturated carbocycles. The first-order valence-electron chi connectivity index (χ1n) is 9.87. The van der Waals surface area contributed by atoms with E-state index in [1.165, 1.54) is 5.56 Å². The van der Waals surface area contributed by atoms with Gasteiger partial charge in [-0.3, -0.25) is 9.48 Å². The van der Waals surface area contributed by atoms with Crippen LogP contribution in [0.4, 0.5) is 5.69 Å². The highest BCUT2D eigenvalue weighted by Gasteiger charge is 2.34. The first-order valence-corrected chi connectivity index (χ1v) is 9.87. The lowest BCUT2D eigenvalue weighted by atomic mass is 9.90. The summed E-state index contributed by atoms with van der Waals surface area (Å²) in [6.07, 6.45) is 3.83. The molecule has 6 heteroatoms. The number of hydrogen-bond acceptors (Lipinski definition) is 4. The Morgan fingerprint density at radius 2 is 2.10 bits per heavy atom. The molecule has 2 aromatic carbocycles. The number of carbonyl (C=O) groups excluding carboxylic acids is 1. The maximum absolute atomic E-state index is 12.9. The molecule has 1 aliphatic rings. The van der Waals surface area contributed by atoms with Crippen LogP contribution in [-0.2, 0) is 18.4 Å². The van der Waals surface area contributed by atoms with Crippen LogP contribution in [0.15, 0.2) is 60.9 Å². The second kappa shape index (κ2) is 8.49. The van der Waals surface area contributed by atoms with Crippen molar-refractivity contribution in [2.24, 2.45) is 13.0 Å². The zero-order chi connectivity index (χ0) is 20.2. The summed E-state index contributed by atoms with van der Waals surface area (Å²) >= 11 is 0. The minimum Gasteiger partial charge on any atom is -0.489 e. The highest BCUT2D eigenvalue weighted by Crippen LogP contribution is 2.29. The molecule has 2 heterocycles. The van der Waals surface area contributed by atoms with Gasteiger partial charge < -0.3 is 15.4 Å². The Bertz CT molecular complexity index is 998. The lowest BCUT2D eigenvalue weighted by Crippen LogP contribution is -2.28. The summed E-state index contributed by atoms with van der Waals surface area (Å²) in [5.41, 5.74) is 4.19. The maximum Gasteiger partial charge on any atom is 0.229 e. The van der Waals surface area contributed by atoms with Gasteiger partial charge in [-0.2, -0.15) is 5.10 Å². The van der Waals surface area contributed by atoms with E-state index in [0.29, 0.717) is 13.2 Å². The van der Waals surface area contributed by atoms with Gasteiger partial charge in [0.15, 0.2) is 0 Å². The van der Waals surface area contributed by atoms with Gasteiger partial charge in [-0.1, -0.05) is 30.3 Å². The van der Waals surface area contributed by atoms with Gasteiger partial charge in [-0.25, -0.2) is 0 Å². The van der Waals surface area contributed by atoms with Crippen LogP contribution in [0, 0.1) is 12.8 Å². The molecule has 1 aliphatic heterocycles. The number of aromatic nitrogens is 2. The first kappa shape index (κ1) is 19.2. The summed E-state index contributed by atoms with van der Waals surface area (Å²) in [5, 5.41) is 10.6. The molecule has 29 heavy (non-hydrogen) atoms.